The number of halogens is 2. The first-order valence-corrected chi connectivity index (χ1v) is 7.20. The fourth-order valence-corrected chi connectivity index (χ4v) is 2.89. The molecule has 3 nitrogen and oxygen atoms in total. The number of anilines is 1. The number of carbonyl (C=O) groups excluding carboxylic acids is 1. The van der Waals surface area contributed by atoms with E-state index in [4.69, 9.17) is 0 Å². The second kappa shape index (κ2) is 5.76. The molecule has 1 aliphatic carbocycles. The molecular formula is C16H16F2N2O. The molecule has 1 aromatic carbocycles. The van der Waals surface area contributed by atoms with Crippen molar-refractivity contribution in [1.29, 1.82) is 0 Å². The quantitative estimate of drug-likeness (QED) is 0.907. The predicted octanol–water partition coefficient (Wildman–Crippen LogP) is 4.03. The van der Waals surface area contributed by atoms with Gasteiger partial charge in [0.25, 0.3) is 0 Å². The summed E-state index contributed by atoms with van der Waals surface area (Å²) in [5.41, 5.74) is 0.479. The number of hydrogen-bond donors (Lipinski definition) is 1. The Hall–Kier alpha value is -2.04. The van der Waals surface area contributed by atoms with Gasteiger partial charge in [-0.2, -0.15) is 0 Å². The van der Waals surface area contributed by atoms with Gasteiger partial charge in [0.2, 0.25) is 5.91 Å². The van der Waals surface area contributed by atoms with Gasteiger partial charge < -0.3 is 5.32 Å². The highest BCUT2D eigenvalue weighted by Gasteiger charge is 2.22. The van der Waals surface area contributed by atoms with Gasteiger partial charge in [-0.15, -0.1) is 0 Å². The Labute approximate surface area is 121 Å². The van der Waals surface area contributed by atoms with Crippen LogP contribution >= 0.6 is 0 Å². The highest BCUT2D eigenvalue weighted by molar-refractivity contribution is 6.01. The number of fused-ring (bicyclic) bond motifs is 1. The van der Waals surface area contributed by atoms with Gasteiger partial charge in [-0.3, -0.25) is 9.78 Å². The predicted molar refractivity (Wildman–Crippen MR) is 76.9 cm³/mol. The molecule has 0 saturated heterocycles. The molecule has 1 fully saturated rings. The Morgan fingerprint density at radius 2 is 1.95 bits per heavy atom. The lowest BCUT2D eigenvalue weighted by atomic mass is 9.88. The summed E-state index contributed by atoms with van der Waals surface area (Å²) in [6, 6.07) is 3.56. The van der Waals surface area contributed by atoms with Crippen LogP contribution in [-0.2, 0) is 4.79 Å². The van der Waals surface area contributed by atoms with Crippen molar-refractivity contribution < 1.29 is 13.6 Å². The number of benzene rings is 1. The van der Waals surface area contributed by atoms with E-state index < -0.39 is 11.6 Å². The number of pyridine rings is 1. The van der Waals surface area contributed by atoms with E-state index in [-0.39, 0.29) is 17.3 Å². The van der Waals surface area contributed by atoms with Gasteiger partial charge in [0.05, 0.1) is 5.69 Å². The first kappa shape index (κ1) is 13.9. The summed E-state index contributed by atoms with van der Waals surface area (Å²) in [7, 11) is 0. The molecule has 5 heteroatoms. The molecule has 2 aromatic rings. The summed E-state index contributed by atoms with van der Waals surface area (Å²) in [6.45, 7) is 0. The van der Waals surface area contributed by atoms with Crippen LogP contribution in [0.5, 0.6) is 0 Å². The normalized spacial score (nSPS) is 16.1. The standard InChI is InChI=1S/C16H16F2N2O/c17-11-8-12-14(6-7-19-15(12)13(18)9-11)20-16(21)10-4-2-1-3-5-10/h6-10H,1-5H2,(H,19,20,21). The van der Waals surface area contributed by atoms with Crippen molar-refractivity contribution in [2.45, 2.75) is 32.1 Å². The summed E-state index contributed by atoms with van der Waals surface area (Å²) in [4.78, 5) is 16.2. The van der Waals surface area contributed by atoms with E-state index >= 15 is 0 Å². The zero-order chi connectivity index (χ0) is 14.8. The molecule has 0 atom stereocenters. The lowest BCUT2D eigenvalue weighted by Gasteiger charge is -2.21. The van der Waals surface area contributed by atoms with E-state index in [2.05, 4.69) is 10.3 Å². The molecule has 110 valence electrons. The number of rotatable bonds is 2. The van der Waals surface area contributed by atoms with E-state index in [1.54, 1.807) is 6.07 Å². The molecule has 1 amide bonds. The molecule has 0 spiro atoms. The first-order chi connectivity index (χ1) is 10.1. The lowest BCUT2D eigenvalue weighted by molar-refractivity contribution is -0.120. The van der Waals surface area contributed by atoms with Crippen molar-refractivity contribution in [2.75, 3.05) is 5.32 Å². The summed E-state index contributed by atoms with van der Waals surface area (Å²) >= 11 is 0. The monoisotopic (exact) mass is 290 g/mol. The van der Waals surface area contributed by atoms with Gasteiger partial charge in [0.1, 0.15) is 11.3 Å². The summed E-state index contributed by atoms with van der Waals surface area (Å²) in [5, 5.41) is 3.09. The molecule has 0 unspecified atom stereocenters. The zero-order valence-electron chi connectivity index (χ0n) is 11.5. The third kappa shape index (κ3) is 2.86. The average Bonchev–Trinajstić information content (AvgIpc) is 2.49. The van der Waals surface area contributed by atoms with Crippen molar-refractivity contribution in [1.82, 2.24) is 4.98 Å². The molecule has 1 N–H and O–H groups in total. The average molecular weight is 290 g/mol. The second-order valence-electron chi connectivity index (χ2n) is 5.47. The minimum atomic E-state index is -0.723. The van der Waals surface area contributed by atoms with Gasteiger partial charge in [-0.25, -0.2) is 8.78 Å². The molecule has 0 bridgehead atoms. The van der Waals surface area contributed by atoms with Gasteiger partial charge >= 0.3 is 0 Å². The fraction of sp³-hybridized carbons (Fsp3) is 0.375. The van der Waals surface area contributed by atoms with Gasteiger partial charge in [0, 0.05) is 23.6 Å². The minimum absolute atomic E-state index is 0.0135. The van der Waals surface area contributed by atoms with Crippen LogP contribution in [-0.4, -0.2) is 10.9 Å². The Morgan fingerprint density at radius 1 is 1.19 bits per heavy atom. The van der Waals surface area contributed by atoms with Crippen LogP contribution in [0.1, 0.15) is 32.1 Å². The van der Waals surface area contributed by atoms with Crippen LogP contribution in [0.2, 0.25) is 0 Å². The van der Waals surface area contributed by atoms with E-state index in [1.807, 2.05) is 0 Å². The van der Waals surface area contributed by atoms with Gasteiger partial charge in [-0.05, 0) is 25.0 Å². The molecule has 3 rings (SSSR count). The van der Waals surface area contributed by atoms with Crippen molar-refractivity contribution in [3.8, 4) is 0 Å². The minimum Gasteiger partial charge on any atom is -0.325 e. The smallest absolute Gasteiger partial charge is 0.227 e. The molecule has 1 aromatic heterocycles. The number of amides is 1. The summed E-state index contributed by atoms with van der Waals surface area (Å²) in [5.74, 6) is -1.49. The van der Waals surface area contributed by atoms with E-state index in [0.29, 0.717) is 11.1 Å². The van der Waals surface area contributed by atoms with Crippen LogP contribution in [0.3, 0.4) is 0 Å². The number of nitrogens with zero attached hydrogens (tertiary/aromatic N) is 1. The fourth-order valence-electron chi connectivity index (χ4n) is 2.89. The van der Waals surface area contributed by atoms with Crippen molar-refractivity contribution >= 4 is 22.5 Å². The number of nitrogens with one attached hydrogen (secondary N) is 1. The third-order valence-electron chi connectivity index (χ3n) is 4.00. The highest BCUT2D eigenvalue weighted by Crippen LogP contribution is 2.28. The van der Waals surface area contributed by atoms with Crippen LogP contribution in [0.4, 0.5) is 14.5 Å². The molecule has 1 heterocycles. The van der Waals surface area contributed by atoms with Crippen LogP contribution < -0.4 is 5.32 Å². The molecule has 0 aliphatic heterocycles. The third-order valence-corrected chi connectivity index (χ3v) is 4.00. The summed E-state index contributed by atoms with van der Waals surface area (Å²) in [6.07, 6.45) is 6.43. The SMILES string of the molecule is O=C(Nc1ccnc2c(F)cc(F)cc12)C1CCCCC1. The van der Waals surface area contributed by atoms with Crippen LogP contribution in [0, 0.1) is 17.6 Å². The van der Waals surface area contributed by atoms with Crippen molar-refractivity contribution in [3.63, 3.8) is 0 Å². The van der Waals surface area contributed by atoms with E-state index in [9.17, 15) is 13.6 Å². The summed E-state index contributed by atoms with van der Waals surface area (Å²) < 4.78 is 27.1. The Kier molecular flexibility index (Phi) is 3.82. The van der Waals surface area contributed by atoms with Crippen LogP contribution in [0.25, 0.3) is 10.9 Å². The van der Waals surface area contributed by atoms with Crippen molar-refractivity contribution in [2.24, 2.45) is 5.92 Å². The molecule has 1 saturated carbocycles. The van der Waals surface area contributed by atoms with Crippen LogP contribution in [0.15, 0.2) is 24.4 Å². The van der Waals surface area contributed by atoms with E-state index in [0.717, 1.165) is 31.7 Å². The molecule has 0 radical (unpaired) electrons. The maximum atomic E-state index is 13.7. The topological polar surface area (TPSA) is 42.0 Å². The highest BCUT2D eigenvalue weighted by atomic mass is 19.1. The maximum Gasteiger partial charge on any atom is 0.227 e. The lowest BCUT2D eigenvalue weighted by Crippen LogP contribution is -2.24. The molecular weight excluding hydrogens is 274 g/mol. The van der Waals surface area contributed by atoms with E-state index in [1.165, 1.54) is 18.7 Å². The number of aromatic nitrogens is 1. The Balaban J connectivity index is 1.91. The zero-order valence-corrected chi connectivity index (χ0v) is 11.5. The van der Waals surface area contributed by atoms with Gasteiger partial charge in [0.15, 0.2) is 5.82 Å². The first-order valence-electron chi connectivity index (χ1n) is 7.20. The molecule has 21 heavy (non-hydrogen) atoms. The Bertz CT molecular complexity index is 681. The second-order valence-corrected chi connectivity index (χ2v) is 5.47. The van der Waals surface area contributed by atoms with Crippen molar-refractivity contribution in [3.05, 3.63) is 36.0 Å². The molecule has 1 aliphatic rings. The Morgan fingerprint density at radius 3 is 2.71 bits per heavy atom. The van der Waals surface area contributed by atoms with Gasteiger partial charge in [-0.1, -0.05) is 19.3 Å². The largest absolute Gasteiger partial charge is 0.325 e. The number of hydrogen-bond acceptors (Lipinski definition) is 2. The number of carbonyl (C=O) groups is 1. The maximum absolute atomic E-state index is 13.7.